The lowest BCUT2D eigenvalue weighted by Gasteiger charge is -2.36. The van der Waals surface area contributed by atoms with Gasteiger partial charge in [-0.25, -0.2) is 4.79 Å². The minimum Gasteiger partial charge on any atom is -0.492 e. The number of anilines is 2. The average Bonchev–Trinajstić information content (AvgIpc) is 3.20. The topological polar surface area (TPSA) is 71.1 Å². The van der Waals surface area contributed by atoms with Gasteiger partial charge in [-0.1, -0.05) is 42.5 Å². The second kappa shape index (κ2) is 11.4. The number of amides is 1. The summed E-state index contributed by atoms with van der Waals surface area (Å²) in [6.07, 6.45) is 0. The van der Waals surface area contributed by atoms with Crippen molar-refractivity contribution in [1.82, 2.24) is 4.90 Å². The lowest BCUT2D eigenvalue weighted by molar-refractivity contribution is -0.117. The highest BCUT2D eigenvalue weighted by Gasteiger charge is 2.26. The Morgan fingerprint density at radius 3 is 2.37 bits per heavy atom. The van der Waals surface area contributed by atoms with Gasteiger partial charge in [0.05, 0.1) is 25.9 Å². The molecule has 2 aromatic carbocycles. The fraction of sp³-hybridized carbons (Fsp3) is 0.333. The van der Waals surface area contributed by atoms with Crippen LogP contribution in [-0.2, 0) is 9.53 Å². The van der Waals surface area contributed by atoms with Gasteiger partial charge < -0.3 is 19.7 Å². The van der Waals surface area contributed by atoms with Crippen molar-refractivity contribution in [2.24, 2.45) is 0 Å². The van der Waals surface area contributed by atoms with Crippen LogP contribution in [0.3, 0.4) is 0 Å². The van der Waals surface area contributed by atoms with Crippen LogP contribution in [0, 0.1) is 6.92 Å². The smallest absolute Gasteiger partial charge is 0.341 e. The maximum Gasteiger partial charge on any atom is 0.341 e. The number of carbonyl (C=O) groups excluding carboxylic acids is 2. The third-order valence-corrected chi connectivity index (χ3v) is 7.06. The maximum absolute atomic E-state index is 13.0. The zero-order chi connectivity index (χ0) is 24.8. The molecular formula is C27H31N3O4S. The van der Waals surface area contributed by atoms with Gasteiger partial charge in [-0.3, -0.25) is 9.69 Å². The van der Waals surface area contributed by atoms with Gasteiger partial charge in [0.15, 0.2) is 0 Å². The zero-order valence-electron chi connectivity index (χ0n) is 20.4. The summed E-state index contributed by atoms with van der Waals surface area (Å²) in [6.45, 7) is 7.96. The minimum atomic E-state index is -0.454. The van der Waals surface area contributed by atoms with Crippen LogP contribution in [0.2, 0.25) is 0 Å². The number of rotatable bonds is 8. The first-order valence-corrected chi connectivity index (χ1v) is 12.6. The Kier molecular flexibility index (Phi) is 8.05. The number of carbonyl (C=O) groups is 2. The Hall–Kier alpha value is -3.36. The molecule has 1 amide bonds. The molecule has 0 radical (unpaired) electrons. The predicted molar refractivity (Wildman–Crippen MR) is 141 cm³/mol. The minimum absolute atomic E-state index is 0.140. The van der Waals surface area contributed by atoms with Gasteiger partial charge in [0.1, 0.15) is 16.3 Å². The fourth-order valence-corrected chi connectivity index (χ4v) is 5.47. The molecule has 2 heterocycles. The number of nitrogens with zero attached hydrogens (tertiary/aromatic N) is 2. The van der Waals surface area contributed by atoms with E-state index in [-0.39, 0.29) is 12.5 Å². The molecule has 1 fully saturated rings. The van der Waals surface area contributed by atoms with Gasteiger partial charge in [0.2, 0.25) is 5.91 Å². The number of para-hydroxylation sites is 2. The van der Waals surface area contributed by atoms with E-state index in [2.05, 4.69) is 21.2 Å². The van der Waals surface area contributed by atoms with E-state index in [4.69, 9.17) is 9.47 Å². The quantitative estimate of drug-likeness (QED) is 0.460. The molecule has 0 saturated carbocycles. The van der Waals surface area contributed by atoms with Crippen LogP contribution in [0.15, 0.2) is 54.6 Å². The molecule has 0 bridgehead atoms. The van der Waals surface area contributed by atoms with Crippen LogP contribution >= 0.6 is 11.3 Å². The zero-order valence-corrected chi connectivity index (χ0v) is 21.2. The van der Waals surface area contributed by atoms with Crippen molar-refractivity contribution in [3.8, 4) is 16.9 Å². The standard InChI is InChI=1S/C27H31N3O4S/c1-4-34-22-13-9-8-12-21(22)30-16-14-29(15-17-30)18-23(31)28-26-25(27(32)33-3)24(19(2)35-26)20-10-6-5-7-11-20/h5-13H,4,14-18H2,1-3H3,(H,28,31). The molecule has 0 spiro atoms. The first-order valence-electron chi connectivity index (χ1n) is 11.8. The highest BCUT2D eigenvalue weighted by molar-refractivity contribution is 7.17. The fourth-order valence-electron chi connectivity index (χ4n) is 4.39. The third kappa shape index (κ3) is 5.66. The van der Waals surface area contributed by atoms with Crippen molar-refractivity contribution >= 4 is 33.9 Å². The van der Waals surface area contributed by atoms with Crippen LogP contribution in [0.5, 0.6) is 5.75 Å². The van der Waals surface area contributed by atoms with Crippen molar-refractivity contribution < 1.29 is 19.1 Å². The van der Waals surface area contributed by atoms with Gasteiger partial charge in [-0.2, -0.15) is 0 Å². The first kappa shape index (κ1) is 24.8. The molecule has 4 rings (SSSR count). The summed E-state index contributed by atoms with van der Waals surface area (Å²) in [5.41, 5.74) is 3.22. The van der Waals surface area contributed by atoms with E-state index in [1.165, 1.54) is 18.4 Å². The molecule has 0 aliphatic carbocycles. The number of nitrogens with one attached hydrogen (secondary N) is 1. The number of piperazine rings is 1. The average molecular weight is 494 g/mol. The molecule has 1 aliphatic rings. The molecule has 35 heavy (non-hydrogen) atoms. The molecule has 7 nitrogen and oxygen atoms in total. The van der Waals surface area contributed by atoms with Gasteiger partial charge in [0.25, 0.3) is 0 Å². The molecule has 1 aliphatic heterocycles. The van der Waals surface area contributed by atoms with E-state index in [9.17, 15) is 9.59 Å². The van der Waals surface area contributed by atoms with E-state index < -0.39 is 5.97 Å². The van der Waals surface area contributed by atoms with E-state index in [1.807, 2.05) is 62.4 Å². The van der Waals surface area contributed by atoms with Crippen LogP contribution < -0.4 is 15.0 Å². The molecule has 1 saturated heterocycles. The van der Waals surface area contributed by atoms with E-state index >= 15 is 0 Å². The van der Waals surface area contributed by atoms with E-state index in [0.29, 0.717) is 17.2 Å². The van der Waals surface area contributed by atoms with Gasteiger partial charge in [-0.15, -0.1) is 11.3 Å². The third-order valence-electron chi connectivity index (χ3n) is 6.03. The maximum atomic E-state index is 13.0. The molecule has 8 heteroatoms. The number of esters is 1. The molecular weight excluding hydrogens is 462 g/mol. The molecule has 0 unspecified atom stereocenters. The summed E-state index contributed by atoms with van der Waals surface area (Å²) >= 11 is 1.40. The lowest BCUT2D eigenvalue weighted by Crippen LogP contribution is -2.48. The monoisotopic (exact) mass is 493 g/mol. The molecule has 3 aromatic rings. The summed E-state index contributed by atoms with van der Waals surface area (Å²) in [6, 6.07) is 17.8. The van der Waals surface area contributed by atoms with Crippen molar-refractivity contribution in [3.63, 3.8) is 0 Å². The normalized spacial score (nSPS) is 14.0. The molecule has 1 N–H and O–H groups in total. The Morgan fingerprint density at radius 2 is 1.69 bits per heavy atom. The summed E-state index contributed by atoms with van der Waals surface area (Å²) in [5, 5.41) is 3.51. The number of hydrogen-bond acceptors (Lipinski definition) is 7. The molecule has 1 aromatic heterocycles. The first-order chi connectivity index (χ1) is 17.0. The SMILES string of the molecule is CCOc1ccccc1N1CCN(CC(=O)Nc2sc(C)c(-c3ccccc3)c2C(=O)OC)CC1. The van der Waals surface area contributed by atoms with Gasteiger partial charge >= 0.3 is 5.97 Å². The number of aryl methyl sites for hydroxylation is 1. The lowest BCUT2D eigenvalue weighted by atomic mass is 10.0. The highest BCUT2D eigenvalue weighted by atomic mass is 32.1. The van der Waals surface area contributed by atoms with Crippen LogP contribution in [-0.4, -0.2) is 63.2 Å². The summed E-state index contributed by atoms with van der Waals surface area (Å²) in [7, 11) is 1.36. The van der Waals surface area contributed by atoms with Crippen LogP contribution in [0.25, 0.3) is 11.1 Å². The van der Waals surface area contributed by atoms with Crippen LogP contribution in [0.4, 0.5) is 10.7 Å². The summed E-state index contributed by atoms with van der Waals surface area (Å²) in [4.78, 5) is 31.0. The summed E-state index contributed by atoms with van der Waals surface area (Å²) in [5.74, 6) is 0.295. The number of hydrogen-bond donors (Lipinski definition) is 1. The number of ether oxygens (including phenoxy) is 2. The van der Waals surface area contributed by atoms with Crippen molar-refractivity contribution in [3.05, 3.63) is 65.0 Å². The second-order valence-electron chi connectivity index (χ2n) is 8.31. The predicted octanol–water partition coefficient (Wildman–Crippen LogP) is 4.67. The van der Waals surface area contributed by atoms with E-state index in [1.54, 1.807) is 0 Å². The Balaban J connectivity index is 1.42. The Labute approximate surface area is 210 Å². The number of benzene rings is 2. The molecule has 184 valence electrons. The van der Waals surface area contributed by atoms with Crippen molar-refractivity contribution in [2.45, 2.75) is 13.8 Å². The Morgan fingerprint density at radius 1 is 1.00 bits per heavy atom. The van der Waals surface area contributed by atoms with Crippen molar-refractivity contribution in [1.29, 1.82) is 0 Å². The van der Waals surface area contributed by atoms with E-state index in [0.717, 1.165) is 53.6 Å². The number of thiophene rings is 1. The van der Waals surface area contributed by atoms with Crippen molar-refractivity contribution in [2.75, 3.05) is 56.7 Å². The number of methoxy groups -OCH3 is 1. The summed E-state index contributed by atoms with van der Waals surface area (Å²) < 4.78 is 10.8. The Bertz CT molecular complexity index is 1170. The highest BCUT2D eigenvalue weighted by Crippen LogP contribution is 2.40. The van der Waals surface area contributed by atoms with Gasteiger partial charge in [0, 0.05) is 36.6 Å². The van der Waals surface area contributed by atoms with Gasteiger partial charge in [-0.05, 0) is 31.5 Å². The molecule has 0 atom stereocenters. The van der Waals surface area contributed by atoms with Crippen LogP contribution in [0.1, 0.15) is 22.2 Å². The second-order valence-corrected chi connectivity index (χ2v) is 9.53. The largest absolute Gasteiger partial charge is 0.492 e.